The van der Waals surface area contributed by atoms with Crippen LogP contribution in [-0.2, 0) is 0 Å². The van der Waals surface area contributed by atoms with Crippen molar-refractivity contribution in [3.8, 4) is 40.9 Å². The fourth-order valence-corrected chi connectivity index (χ4v) is 4.53. The van der Waals surface area contributed by atoms with E-state index in [2.05, 4.69) is 30.2 Å². The smallest absolute Gasteiger partial charge is 0.348 e. The number of aromatic amines is 2. The number of benzene rings is 2. The molecule has 0 saturated carbocycles. The van der Waals surface area contributed by atoms with Gasteiger partial charge in [-0.15, -0.1) is 5.11 Å². The number of H-pyrrole nitrogens is 2. The SMILES string of the molecule is N#Cc1nc2c([nH]c1=O)-c1ccc(Cl)cc1C2=O.N#Cc1nc2c3ccc(Cl)cc3c(N=NC(N)=O)c-2[nH]c1C#N. The van der Waals surface area contributed by atoms with Crippen LogP contribution in [0.5, 0.6) is 0 Å². The zero-order valence-corrected chi connectivity index (χ0v) is 21.7. The topological polar surface area (TPSA) is 231 Å². The molecule has 1 aromatic heterocycles. The monoisotopic (exact) mass is 580 g/mol. The van der Waals surface area contributed by atoms with Crippen LogP contribution in [0.2, 0.25) is 10.0 Å². The van der Waals surface area contributed by atoms with Gasteiger partial charge in [-0.3, -0.25) is 9.59 Å². The summed E-state index contributed by atoms with van der Waals surface area (Å²) in [7, 11) is 0. The van der Waals surface area contributed by atoms with Gasteiger partial charge in [-0.1, -0.05) is 40.4 Å². The Morgan fingerprint density at radius 2 is 1.51 bits per heavy atom. The van der Waals surface area contributed by atoms with Crippen molar-refractivity contribution in [2.45, 2.75) is 0 Å². The molecule has 6 rings (SSSR count). The summed E-state index contributed by atoms with van der Waals surface area (Å²) < 4.78 is 0. The molecule has 0 atom stereocenters. The number of nitrogens with one attached hydrogen (secondary N) is 2. The van der Waals surface area contributed by atoms with Gasteiger partial charge < -0.3 is 15.7 Å². The van der Waals surface area contributed by atoms with E-state index >= 15 is 0 Å². The molecule has 196 valence electrons. The summed E-state index contributed by atoms with van der Waals surface area (Å²) in [5.74, 6) is -0.338. The Kier molecular flexibility index (Phi) is 6.71. The first-order chi connectivity index (χ1) is 19.7. The Morgan fingerprint density at radius 3 is 2.20 bits per heavy atom. The van der Waals surface area contributed by atoms with Gasteiger partial charge in [-0.05, 0) is 24.3 Å². The molecule has 0 fully saturated rings. The van der Waals surface area contributed by atoms with Gasteiger partial charge in [0.25, 0.3) is 5.56 Å². The first-order valence-corrected chi connectivity index (χ1v) is 12.0. The Labute approximate surface area is 238 Å². The average molecular weight is 581 g/mol. The van der Waals surface area contributed by atoms with E-state index in [4.69, 9.17) is 44.7 Å². The van der Waals surface area contributed by atoms with Crippen molar-refractivity contribution >= 4 is 51.5 Å². The van der Waals surface area contributed by atoms with Crippen molar-refractivity contribution in [3.63, 3.8) is 0 Å². The molecule has 2 aliphatic carbocycles. The van der Waals surface area contributed by atoms with Crippen molar-refractivity contribution < 1.29 is 9.59 Å². The summed E-state index contributed by atoms with van der Waals surface area (Å²) in [4.78, 5) is 47.8. The number of halogens is 2. The molecule has 0 radical (unpaired) electrons. The van der Waals surface area contributed by atoms with Gasteiger partial charge in [0.2, 0.25) is 11.5 Å². The highest BCUT2D eigenvalue weighted by Gasteiger charge is 2.30. The fourth-order valence-electron chi connectivity index (χ4n) is 4.19. The second-order valence-corrected chi connectivity index (χ2v) is 9.13. The molecule has 4 N–H and O–H groups in total. The molecule has 3 aliphatic rings. The maximum absolute atomic E-state index is 12.1. The molecule has 0 saturated heterocycles. The lowest BCUT2D eigenvalue weighted by Gasteiger charge is -2.03. The van der Waals surface area contributed by atoms with Crippen molar-refractivity contribution in [1.29, 1.82) is 15.8 Å². The standard InChI is InChI=1S/C14H6ClN7O.C12H4ClN3O2/c15-6-1-2-7-8(3-6)12(21-22-14(18)23)13-11(7)19-9(4-16)10(5-17)20-13;13-5-1-2-6-7(3-5)11(17)10-9(6)16-12(18)8(4-14)15-10/h1-3,20H,(H2,18,23);1-3H,(H,16,18). The Balaban J connectivity index is 0.000000169. The minimum Gasteiger partial charge on any atom is -0.348 e. The molecule has 0 unspecified atom stereocenters. The highest BCUT2D eigenvalue weighted by Crippen LogP contribution is 2.44. The third-order valence-electron chi connectivity index (χ3n) is 5.87. The lowest BCUT2D eigenvalue weighted by molar-refractivity contribution is 0.103. The van der Waals surface area contributed by atoms with E-state index in [1.54, 1.807) is 36.4 Å². The number of primary amides is 1. The van der Waals surface area contributed by atoms with Crippen LogP contribution in [0.25, 0.3) is 33.4 Å². The van der Waals surface area contributed by atoms with Gasteiger partial charge in [0, 0.05) is 31.9 Å². The number of nitrogens with two attached hydrogens (primary N) is 1. The molecule has 2 amide bonds. The zero-order chi connectivity index (χ0) is 29.4. The molecule has 3 aromatic rings. The van der Waals surface area contributed by atoms with Crippen molar-refractivity contribution in [2.75, 3.05) is 0 Å². The number of nitriles is 3. The van der Waals surface area contributed by atoms with Crippen LogP contribution < -0.4 is 11.3 Å². The summed E-state index contributed by atoms with van der Waals surface area (Å²) in [5.41, 5.74) is 6.45. The second kappa shape index (κ2) is 10.3. The average Bonchev–Trinajstić information content (AvgIpc) is 3.40. The van der Waals surface area contributed by atoms with E-state index in [9.17, 15) is 14.4 Å². The lowest BCUT2D eigenvalue weighted by atomic mass is 10.1. The Hall–Kier alpha value is -5.94. The Bertz CT molecular complexity index is 2140. The quantitative estimate of drug-likeness (QED) is 0.229. The number of aromatic nitrogens is 4. The number of azo groups is 1. The fraction of sp³-hybridized carbons (Fsp3) is 0. The highest BCUT2D eigenvalue weighted by molar-refractivity contribution is 6.32. The molecule has 1 aliphatic heterocycles. The number of urea groups is 1. The minimum absolute atomic E-state index is 0.0167. The Morgan fingerprint density at radius 1 is 0.829 bits per heavy atom. The van der Waals surface area contributed by atoms with Crippen LogP contribution in [0.15, 0.2) is 51.4 Å². The van der Waals surface area contributed by atoms with E-state index in [0.717, 1.165) is 0 Å². The van der Waals surface area contributed by atoms with E-state index in [-0.39, 0.29) is 34.2 Å². The molecule has 0 bridgehead atoms. The van der Waals surface area contributed by atoms with Gasteiger partial charge in [0.15, 0.2) is 11.4 Å². The number of amides is 2. The van der Waals surface area contributed by atoms with E-state index in [0.29, 0.717) is 49.0 Å². The third-order valence-corrected chi connectivity index (χ3v) is 6.34. The molecule has 0 spiro atoms. The van der Waals surface area contributed by atoms with E-state index in [1.807, 2.05) is 12.1 Å². The van der Waals surface area contributed by atoms with Crippen LogP contribution in [0.3, 0.4) is 0 Å². The summed E-state index contributed by atoms with van der Waals surface area (Å²) >= 11 is 11.8. The second-order valence-electron chi connectivity index (χ2n) is 8.25. The van der Waals surface area contributed by atoms with Gasteiger partial charge >= 0.3 is 6.03 Å². The van der Waals surface area contributed by atoms with Crippen molar-refractivity contribution in [1.82, 2.24) is 19.9 Å². The molecule has 41 heavy (non-hydrogen) atoms. The van der Waals surface area contributed by atoms with Gasteiger partial charge in [-0.2, -0.15) is 15.8 Å². The summed E-state index contributed by atoms with van der Waals surface area (Å²) in [5, 5.41) is 36.2. The number of carbonyl (C=O) groups is 2. The van der Waals surface area contributed by atoms with Gasteiger partial charge in [-0.25, -0.2) is 14.8 Å². The van der Waals surface area contributed by atoms with Crippen LogP contribution in [0, 0.1) is 34.0 Å². The molecular weight excluding hydrogens is 571 g/mol. The summed E-state index contributed by atoms with van der Waals surface area (Å²) in [6.45, 7) is 0. The summed E-state index contributed by atoms with van der Waals surface area (Å²) in [6, 6.07) is 14.2. The minimum atomic E-state index is -0.961. The normalized spacial score (nSPS) is 11.3. The zero-order valence-electron chi connectivity index (χ0n) is 20.2. The number of hydrogen-bond donors (Lipinski definition) is 3. The summed E-state index contributed by atoms with van der Waals surface area (Å²) in [6.07, 6.45) is 0. The first kappa shape index (κ1) is 26.7. The molecule has 15 heteroatoms. The molecule has 2 aromatic carbocycles. The van der Waals surface area contributed by atoms with Crippen molar-refractivity contribution in [2.24, 2.45) is 16.0 Å². The molecule has 13 nitrogen and oxygen atoms in total. The number of rotatable bonds is 1. The maximum Gasteiger partial charge on any atom is 0.356 e. The van der Waals surface area contributed by atoms with Gasteiger partial charge in [0.1, 0.15) is 29.6 Å². The maximum atomic E-state index is 12.1. The van der Waals surface area contributed by atoms with Crippen LogP contribution in [0.1, 0.15) is 33.1 Å². The number of fused-ring (bicyclic) bond motifs is 6. The predicted molar refractivity (Wildman–Crippen MR) is 145 cm³/mol. The molecular formula is C26H10Cl2N10O3. The third kappa shape index (κ3) is 4.62. The number of carbonyl (C=O) groups excluding carboxylic acids is 2. The van der Waals surface area contributed by atoms with Crippen LogP contribution in [-0.4, -0.2) is 31.8 Å². The predicted octanol–water partition coefficient (Wildman–Crippen LogP) is 4.73. The van der Waals surface area contributed by atoms with E-state index in [1.165, 1.54) is 6.07 Å². The van der Waals surface area contributed by atoms with Crippen LogP contribution >= 0.6 is 23.2 Å². The largest absolute Gasteiger partial charge is 0.356 e. The first-order valence-electron chi connectivity index (χ1n) is 11.2. The lowest BCUT2D eigenvalue weighted by Crippen LogP contribution is -2.15. The number of ketones is 1. The van der Waals surface area contributed by atoms with Gasteiger partial charge in [0.05, 0.1) is 17.1 Å². The number of hydrogen-bond acceptors (Lipinski definition) is 9. The van der Waals surface area contributed by atoms with E-state index < -0.39 is 11.6 Å². The molecule has 2 heterocycles. The van der Waals surface area contributed by atoms with Crippen LogP contribution in [0.4, 0.5) is 10.5 Å². The highest BCUT2D eigenvalue weighted by atomic mass is 35.5. The van der Waals surface area contributed by atoms with Crippen molar-refractivity contribution in [3.05, 3.63) is 85.1 Å². The number of nitrogens with zero attached hydrogens (tertiary/aromatic N) is 7.